The molecule has 0 aromatic carbocycles. The quantitative estimate of drug-likeness (QED) is 0.589. The Morgan fingerprint density at radius 3 is 2.50 bits per heavy atom. The molecule has 1 aromatic heterocycles. The molecule has 100 valence electrons. The van der Waals surface area contributed by atoms with Gasteiger partial charge in [-0.15, -0.1) is 6.58 Å². The Morgan fingerprint density at radius 1 is 1.28 bits per heavy atom. The summed E-state index contributed by atoms with van der Waals surface area (Å²) >= 11 is 0.286. The lowest BCUT2D eigenvalue weighted by molar-refractivity contribution is 0.251. The first-order chi connectivity index (χ1) is 8.51. The van der Waals surface area contributed by atoms with Crippen molar-refractivity contribution in [1.82, 2.24) is 15.0 Å². The van der Waals surface area contributed by atoms with Gasteiger partial charge in [0.05, 0.1) is 0 Å². The molecule has 0 unspecified atom stereocenters. The highest BCUT2D eigenvalue weighted by atomic mass is 32.2. The van der Waals surface area contributed by atoms with Gasteiger partial charge >= 0.3 is 0 Å². The zero-order chi connectivity index (χ0) is 13.5. The first kappa shape index (κ1) is 14.6. The second-order valence-corrected chi connectivity index (χ2v) is 4.57. The lowest BCUT2D eigenvalue weighted by atomic mass is 10.4. The second kappa shape index (κ2) is 7.10. The van der Waals surface area contributed by atoms with Gasteiger partial charge in [-0.25, -0.2) is 0 Å². The van der Waals surface area contributed by atoms with Gasteiger partial charge in [0.1, 0.15) is 0 Å². The molecule has 0 aliphatic carbocycles. The molecule has 1 heterocycles. The Balaban J connectivity index is 2.91. The molecule has 0 atom stereocenters. The van der Waals surface area contributed by atoms with E-state index in [0.29, 0.717) is 6.54 Å². The summed E-state index contributed by atoms with van der Waals surface area (Å²) in [6.07, 6.45) is 1.62. The molecule has 1 aromatic rings. The van der Waals surface area contributed by atoms with E-state index < -0.39 is 5.76 Å². The van der Waals surface area contributed by atoms with Crippen LogP contribution in [0.2, 0.25) is 0 Å². The van der Waals surface area contributed by atoms with Crippen molar-refractivity contribution in [2.24, 2.45) is 0 Å². The van der Waals surface area contributed by atoms with E-state index in [0.717, 1.165) is 0 Å². The Hall–Kier alpha value is -1.44. The van der Waals surface area contributed by atoms with Gasteiger partial charge in [0.25, 0.3) is 5.76 Å². The summed E-state index contributed by atoms with van der Waals surface area (Å²) in [7, 11) is 0. The summed E-state index contributed by atoms with van der Waals surface area (Å²) in [5.74, 6) is -2.04. The molecular formula is C10H15F2N5S. The van der Waals surface area contributed by atoms with Crippen molar-refractivity contribution >= 4 is 23.7 Å². The van der Waals surface area contributed by atoms with Crippen LogP contribution >= 0.6 is 11.8 Å². The molecule has 0 amide bonds. The fraction of sp³-hybridized carbons (Fsp3) is 0.500. The summed E-state index contributed by atoms with van der Waals surface area (Å²) in [5.41, 5.74) is 0. The Bertz CT molecular complexity index is 372. The molecule has 0 fully saturated rings. The first-order valence-corrected chi connectivity index (χ1v) is 6.21. The third kappa shape index (κ3) is 5.26. The number of nitrogens with zero attached hydrogens (tertiary/aromatic N) is 3. The molecule has 1 rings (SSSR count). The smallest absolute Gasteiger partial charge is 0.291 e. The summed E-state index contributed by atoms with van der Waals surface area (Å²) in [6.45, 7) is 7.80. The molecular weight excluding hydrogens is 260 g/mol. The van der Waals surface area contributed by atoms with Gasteiger partial charge in [-0.05, 0) is 25.6 Å². The van der Waals surface area contributed by atoms with Crippen molar-refractivity contribution in [2.45, 2.75) is 30.8 Å². The number of hydrogen-bond acceptors (Lipinski definition) is 6. The van der Waals surface area contributed by atoms with Crippen LogP contribution in [-0.4, -0.2) is 33.3 Å². The van der Waals surface area contributed by atoms with Crippen LogP contribution in [0.3, 0.4) is 0 Å². The van der Waals surface area contributed by atoms with Gasteiger partial charge in [0.2, 0.25) is 11.9 Å². The van der Waals surface area contributed by atoms with Gasteiger partial charge < -0.3 is 10.6 Å². The van der Waals surface area contributed by atoms with Crippen LogP contribution in [0.5, 0.6) is 0 Å². The van der Waals surface area contributed by atoms with E-state index in [4.69, 9.17) is 0 Å². The summed E-state index contributed by atoms with van der Waals surface area (Å²) in [6, 6.07) is 0.101. The van der Waals surface area contributed by atoms with E-state index in [2.05, 4.69) is 32.2 Å². The van der Waals surface area contributed by atoms with Crippen molar-refractivity contribution in [2.75, 3.05) is 17.2 Å². The number of nitrogens with one attached hydrogen (secondary N) is 2. The minimum atomic E-state index is -2.56. The predicted molar refractivity (Wildman–Crippen MR) is 69.1 cm³/mol. The average Bonchev–Trinajstić information content (AvgIpc) is 2.24. The predicted octanol–water partition coefficient (Wildman–Crippen LogP) is 2.60. The van der Waals surface area contributed by atoms with Crippen LogP contribution in [-0.2, 0) is 0 Å². The Kier molecular flexibility index (Phi) is 5.76. The maximum absolute atomic E-state index is 12.3. The minimum Gasteiger partial charge on any atom is -0.352 e. The summed E-state index contributed by atoms with van der Waals surface area (Å²) in [5, 5.41) is 5.77. The lowest BCUT2D eigenvalue weighted by Crippen LogP contribution is -2.15. The molecule has 8 heteroatoms. The number of aromatic nitrogens is 3. The largest absolute Gasteiger partial charge is 0.352 e. The average molecular weight is 275 g/mol. The highest BCUT2D eigenvalue weighted by Gasteiger charge is 2.12. The summed E-state index contributed by atoms with van der Waals surface area (Å²) in [4.78, 5) is 11.9. The van der Waals surface area contributed by atoms with Crippen molar-refractivity contribution in [1.29, 1.82) is 0 Å². The van der Waals surface area contributed by atoms with E-state index in [9.17, 15) is 8.78 Å². The van der Waals surface area contributed by atoms with Crippen molar-refractivity contribution in [3.63, 3.8) is 0 Å². The van der Waals surface area contributed by atoms with Gasteiger partial charge in [-0.2, -0.15) is 23.7 Å². The summed E-state index contributed by atoms with van der Waals surface area (Å²) < 4.78 is 24.6. The van der Waals surface area contributed by atoms with Gasteiger partial charge in [-0.1, -0.05) is 6.08 Å². The van der Waals surface area contributed by atoms with Crippen molar-refractivity contribution in [3.8, 4) is 0 Å². The first-order valence-electron chi connectivity index (χ1n) is 5.33. The van der Waals surface area contributed by atoms with Crippen molar-refractivity contribution < 1.29 is 8.78 Å². The van der Waals surface area contributed by atoms with E-state index in [1.54, 1.807) is 6.08 Å². The number of thioether (sulfide) groups is 1. The number of hydrogen-bond donors (Lipinski definition) is 2. The second-order valence-electron chi connectivity index (χ2n) is 3.61. The van der Waals surface area contributed by atoms with Crippen LogP contribution in [0.25, 0.3) is 0 Å². The lowest BCUT2D eigenvalue weighted by Gasteiger charge is -2.10. The molecule has 5 nitrogen and oxygen atoms in total. The Labute approximate surface area is 109 Å². The van der Waals surface area contributed by atoms with E-state index >= 15 is 0 Å². The highest BCUT2D eigenvalue weighted by Crippen LogP contribution is 2.23. The van der Waals surface area contributed by atoms with Crippen LogP contribution < -0.4 is 10.6 Å². The normalized spacial score (nSPS) is 10.8. The van der Waals surface area contributed by atoms with Crippen molar-refractivity contribution in [3.05, 3.63) is 12.7 Å². The molecule has 0 saturated heterocycles. The van der Waals surface area contributed by atoms with Gasteiger partial charge in [-0.3, -0.25) is 0 Å². The zero-order valence-corrected chi connectivity index (χ0v) is 11.0. The molecule has 18 heavy (non-hydrogen) atoms. The monoisotopic (exact) mass is 275 g/mol. The van der Waals surface area contributed by atoms with Crippen LogP contribution in [0.15, 0.2) is 17.8 Å². The highest BCUT2D eigenvalue weighted by molar-refractivity contribution is 7.99. The topological polar surface area (TPSA) is 62.7 Å². The molecule has 0 saturated carbocycles. The van der Waals surface area contributed by atoms with E-state index in [1.807, 2.05) is 13.8 Å². The van der Waals surface area contributed by atoms with E-state index in [1.165, 1.54) is 0 Å². The van der Waals surface area contributed by atoms with Crippen LogP contribution in [0.4, 0.5) is 20.7 Å². The fourth-order valence-corrected chi connectivity index (χ4v) is 1.49. The zero-order valence-electron chi connectivity index (χ0n) is 10.2. The molecule has 0 spiro atoms. The SMILES string of the molecule is C=CCNc1nc(NC(C)C)nc(SC(F)F)n1. The van der Waals surface area contributed by atoms with Gasteiger partial charge in [0.15, 0.2) is 5.16 Å². The molecule has 0 bridgehead atoms. The number of halogens is 2. The number of anilines is 2. The molecule has 0 aliphatic rings. The Morgan fingerprint density at radius 2 is 1.94 bits per heavy atom. The van der Waals surface area contributed by atoms with Crippen LogP contribution in [0, 0.1) is 0 Å². The maximum Gasteiger partial charge on any atom is 0.291 e. The third-order valence-corrected chi connectivity index (χ3v) is 2.20. The minimum absolute atomic E-state index is 0.0188. The maximum atomic E-state index is 12.3. The standard InChI is InChI=1S/C10H15F2N5S/c1-4-5-13-8-15-9(14-6(2)3)17-10(16-8)18-7(11)12/h4,6-7H,1,5H2,2-3H3,(H2,13,14,15,16,17). The van der Waals surface area contributed by atoms with E-state index in [-0.39, 0.29) is 34.9 Å². The molecule has 2 N–H and O–H groups in total. The van der Waals surface area contributed by atoms with Crippen LogP contribution in [0.1, 0.15) is 13.8 Å². The fourth-order valence-electron chi connectivity index (χ4n) is 1.05. The van der Waals surface area contributed by atoms with Gasteiger partial charge in [0, 0.05) is 12.6 Å². The molecule has 0 radical (unpaired) electrons. The molecule has 0 aliphatic heterocycles. The number of rotatable bonds is 7. The number of alkyl halides is 2. The third-order valence-electron chi connectivity index (χ3n) is 1.63.